The van der Waals surface area contributed by atoms with Crippen LogP contribution in [0.1, 0.15) is 64.9 Å². The van der Waals surface area contributed by atoms with Gasteiger partial charge >= 0.3 is 5.97 Å². The number of aliphatic hydroxyl groups excluding tert-OH is 2. The average molecular weight is 623 g/mol. The van der Waals surface area contributed by atoms with Crippen molar-refractivity contribution in [2.24, 2.45) is 32.7 Å². The molecule has 6 rings (SSSR count). The minimum absolute atomic E-state index is 0.0259. The molecule has 13 heteroatoms. The number of carbonyl (C=O) groups is 2. The first-order valence-corrected chi connectivity index (χ1v) is 15.7. The van der Waals surface area contributed by atoms with E-state index in [1.165, 1.54) is 12.3 Å². The number of nitrogen functional groups attached to an aromatic ring is 1. The number of allylic oxidation sites excluding steroid dienone is 1. The van der Waals surface area contributed by atoms with Gasteiger partial charge in [0.15, 0.2) is 11.7 Å². The molecule has 2 aliphatic carbocycles. The highest BCUT2D eigenvalue weighted by atomic mass is 16.6. The van der Waals surface area contributed by atoms with E-state index < -0.39 is 35.1 Å². The Hall–Kier alpha value is -3.52. The molecule has 1 spiro atoms. The molecular weight excluding hydrogens is 580 g/mol. The summed E-state index contributed by atoms with van der Waals surface area (Å²) >= 11 is 0. The maximum atomic E-state index is 13.4. The van der Waals surface area contributed by atoms with Crippen LogP contribution in [0.5, 0.6) is 0 Å². The average Bonchev–Trinajstić information content (AvgIpc) is 3.39. The topological polar surface area (TPSA) is 205 Å². The fourth-order valence-corrected chi connectivity index (χ4v) is 8.37. The number of aliphatic hydroxyl groups is 2. The molecule has 0 aromatic carbocycles. The predicted octanol–water partition coefficient (Wildman–Crippen LogP) is 1.31. The summed E-state index contributed by atoms with van der Waals surface area (Å²) in [5, 5.41) is 24.9. The molecule has 3 fully saturated rings. The number of aromatic amines is 1. The first-order valence-electron chi connectivity index (χ1n) is 15.7. The molecule has 5 aliphatic rings. The minimum atomic E-state index is -0.669. The van der Waals surface area contributed by atoms with Crippen LogP contribution in [-0.2, 0) is 19.1 Å². The smallest absolute Gasteiger partial charge is 0.341 e. The Morgan fingerprint density at radius 1 is 1.29 bits per heavy atom. The van der Waals surface area contributed by atoms with Crippen LogP contribution < -0.4 is 16.6 Å². The van der Waals surface area contributed by atoms with E-state index in [1.807, 2.05) is 6.92 Å². The van der Waals surface area contributed by atoms with Gasteiger partial charge in [0.2, 0.25) is 0 Å². The Morgan fingerprint density at radius 2 is 2.07 bits per heavy atom. The normalized spacial score (nSPS) is 36.0. The molecular formula is C32H42N6O7. The summed E-state index contributed by atoms with van der Waals surface area (Å²) in [6.45, 7) is 6.88. The number of nitrogens with zero attached hydrogens (tertiary/aromatic N) is 3. The second-order valence-corrected chi connectivity index (χ2v) is 13.7. The summed E-state index contributed by atoms with van der Waals surface area (Å²) in [5.74, 6) is -0.0790. The van der Waals surface area contributed by atoms with Gasteiger partial charge < -0.3 is 30.7 Å². The Kier molecular flexibility index (Phi) is 8.17. The van der Waals surface area contributed by atoms with Crippen LogP contribution in [0.15, 0.2) is 38.4 Å². The zero-order valence-corrected chi connectivity index (χ0v) is 25.9. The summed E-state index contributed by atoms with van der Waals surface area (Å²) in [7, 11) is 0. The lowest BCUT2D eigenvalue weighted by Gasteiger charge is -2.61. The zero-order valence-electron chi connectivity index (χ0n) is 25.9. The van der Waals surface area contributed by atoms with Gasteiger partial charge in [-0.2, -0.15) is 0 Å². The molecule has 1 saturated heterocycles. The number of ketones is 1. The lowest BCUT2D eigenvalue weighted by molar-refractivity contribution is -0.177. The molecule has 2 saturated carbocycles. The Bertz CT molecular complexity index is 1560. The van der Waals surface area contributed by atoms with Crippen molar-refractivity contribution < 1.29 is 29.3 Å². The molecule has 13 nitrogen and oxygen atoms in total. The van der Waals surface area contributed by atoms with Gasteiger partial charge in [-0.25, -0.2) is 14.8 Å². The number of Topliss-reactive ketones (excluding diaryl/α,β-unsaturated/α-hetero) is 1. The minimum Gasteiger partial charge on any atom is -0.423 e. The second-order valence-electron chi connectivity index (χ2n) is 13.7. The van der Waals surface area contributed by atoms with Crippen molar-refractivity contribution in [1.82, 2.24) is 15.3 Å². The number of hydrogen-bond acceptors (Lipinski definition) is 12. The van der Waals surface area contributed by atoms with Crippen molar-refractivity contribution in [1.29, 1.82) is 0 Å². The summed E-state index contributed by atoms with van der Waals surface area (Å²) in [4.78, 5) is 53.9. The van der Waals surface area contributed by atoms with Crippen molar-refractivity contribution in [3.05, 3.63) is 39.5 Å². The molecule has 8 atom stereocenters. The van der Waals surface area contributed by atoms with E-state index in [2.05, 4.69) is 32.2 Å². The van der Waals surface area contributed by atoms with Gasteiger partial charge in [0.05, 0.1) is 55.1 Å². The quantitative estimate of drug-likeness (QED) is 0.187. The van der Waals surface area contributed by atoms with E-state index in [-0.39, 0.29) is 58.9 Å². The Labute approximate surface area is 261 Å². The van der Waals surface area contributed by atoms with E-state index in [0.29, 0.717) is 37.4 Å². The van der Waals surface area contributed by atoms with Crippen molar-refractivity contribution in [3.63, 3.8) is 0 Å². The molecule has 242 valence electrons. The lowest BCUT2D eigenvalue weighted by atomic mass is 9.44. The van der Waals surface area contributed by atoms with Gasteiger partial charge in [0.25, 0.3) is 5.56 Å². The van der Waals surface area contributed by atoms with Gasteiger partial charge in [-0.15, -0.1) is 0 Å². The number of carbonyl (C=O) groups excluding carboxylic acids is 2. The third kappa shape index (κ3) is 5.71. The van der Waals surface area contributed by atoms with Crippen LogP contribution in [0.4, 0.5) is 5.95 Å². The van der Waals surface area contributed by atoms with Crippen LogP contribution in [-0.4, -0.2) is 87.5 Å². The fourth-order valence-electron chi connectivity index (χ4n) is 8.37. The molecule has 0 bridgehead atoms. The zero-order chi connectivity index (χ0) is 32.1. The van der Waals surface area contributed by atoms with E-state index in [4.69, 9.17) is 15.2 Å². The number of rotatable bonds is 10. The van der Waals surface area contributed by atoms with Crippen LogP contribution >= 0.6 is 0 Å². The van der Waals surface area contributed by atoms with Gasteiger partial charge in [-0.05, 0) is 68.4 Å². The molecule has 0 amide bonds. The van der Waals surface area contributed by atoms with Crippen molar-refractivity contribution in [2.75, 3.05) is 25.5 Å². The molecule has 0 radical (unpaired) electrons. The van der Waals surface area contributed by atoms with Gasteiger partial charge in [0.1, 0.15) is 11.6 Å². The number of anilines is 1. The highest BCUT2D eigenvalue weighted by Gasteiger charge is 2.67. The number of aliphatic imine (C=N–C) groups is 2. The number of esters is 1. The third-order valence-corrected chi connectivity index (χ3v) is 11.1. The van der Waals surface area contributed by atoms with E-state index in [0.717, 1.165) is 19.3 Å². The van der Waals surface area contributed by atoms with E-state index in [9.17, 15) is 24.6 Å². The molecule has 5 unspecified atom stereocenters. The number of epoxide rings is 1. The molecule has 6 N–H and O–H groups in total. The van der Waals surface area contributed by atoms with Gasteiger partial charge in [-0.1, -0.05) is 13.8 Å². The number of ether oxygens (including phenoxy) is 2. The fraction of sp³-hybridized carbons (Fsp3) is 0.625. The van der Waals surface area contributed by atoms with Crippen LogP contribution in [0.25, 0.3) is 6.08 Å². The monoisotopic (exact) mass is 622 g/mol. The van der Waals surface area contributed by atoms with Gasteiger partial charge in [0, 0.05) is 23.9 Å². The number of aromatic nitrogens is 2. The molecule has 3 aliphatic heterocycles. The highest BCUT2D eigenvalue weighted by Crippen LogP contribution is 2.66. The highest BCUT2D eigenvalue weighted by molar-refractivity contribution is 6.07. The van der Waals surface area contributed by atoms with Crippen LogP contribution in [0.2, 0.25) is 0 Å². The number of amidine groups is 1. The van der Waals surface area contributed by atoms with E-state index >= 15 is 0 Å². The van der Waals surface area contributed by atoms with Crippen LogP contribution in [0, 0.1) is 22.7 Å². The number of hydrogen-bond donors (Lipinski definition) is 5. The van der Waals surface area contributed by atoms with E-state index in [1.54, 1.807) is 19.2 Å². The van der Waals surface area contributed by atoms with Crippen LogP contribution in [0.3, 0.4) is 0 Å². The lowest BCUT2D eigenvalue weighted by Crippen LogP contribution is -2.61. The Balaban J connectivity index is 1.34. The molecule has 1 aromatic heterocycles. The number of fused-ring (bicyclic) bond motifs is 1. The molecule has 4 heterocycles. The number of cyclic esters (lactones) is 1. The maximum absolute atomic E-state index is 13.4. The van der Waals surface area contributed by atoms with Gasteiger partial charge in [-0.3, -0.25) is 19.6 Å². The summed E-state index contributed by atoms with van der Waals surface area (Å²) in [6.07, 6.45) is 8.79. The largest absolute Gasteiger partial charge is 0.423 e. The summed E-state index contributed by atoms with van der Waals surface area (Å²) in [6, 6.07) is -1.24. The number of nitrogens with two attached hydrogens (primary N) is 1. The summed E-state index contributed by atoms with van der Waals surface area (Å²) < 4.78 is 11.8. The first kappa shape index (κ1) is 31.5. The summed E-state index contributed by atoms with van der Waals surface area (Å²) in [5.41, 5.74) is 4.25. The van der Waals surface area contributed by atoms with Crippen molar-refractivity contribution in [3.8, 4) is 0 Å². The Morgan fingerprint density at radius 3 is 2.73 bits per heavy atom. The SMILES string of the molecule is CC(NC(CC1C2(CCC3[C@]1(C)CC[C@@H](O)[C@@]3(C)CO)CO2)C1=C/C(=C\c2cnc(N)[nH]c2=O)OC1=O)C(=O)CC1=NCC=N1. The maximum Gasteiger partial charge on any atom is 0.341 e. The van der Waals surface area contributed by atoms with Crippen molar-refractivity contribution in [2.45, 2.75) is 83.1 Å². The molecule has 45 heavy (non-hydrogen) atoms. The first-order chi connectivity index (χ1) is 21.4. The molecule has 1 aromatic rings. The predicted molar refractivity (Wildman–Crippen MR) is 166 cm³/mol. The number of nitrogens with one attached hydrogen (secondary N) is 2. The third-order valence-electron chi connectivity index (χ3n) is 11.1. The standard InChI is InChI=1S/C32H42N6O7/c1-17(22(40)13-26-34-8-9-35-26)37-21(20-11-19(45-28(20)43)10-18-14-36-29(33)38-27(18)42)12-24-30(2)6-5-25(41)31(3,15-39)23(30)4-7-32(24)16-44-32/h8,10-11,14,17,21,23-25,37,39,41H,4-7,9,12-13,15-16H2,1-3H3,(H3,33,36,38,42)/b19-10+/t17?,21?,23?,24?,25-,30+,31+,32?/m1/s1. The number of H-pyrrole nitrogens is 1. The second kappa shape index (κ2) is 11.7. The van der Waals surface area contributed by atoms with Crippen molar-refractivity contribution >= 4 is 35.8 Å².